The molecule has 0 aromatic carbocycles. The number of nitrogens with two attached hydrogens (primary N) is 1. The monoisotopic (exact) mass is 719 g/mol. The number of aliphatic carboxylic acids is 1. The topological polar surface area (TPSA) is 311 Å². The summed E-state index contributed by atoms with van der Waals surface area (Å²) in [4.78, 5) is 51.0. The van der Waals surface area contributed by atoms with E-state index in [9.17, 15) is 59.6 Å². The van der Waals surface area contributed by atoms with E-state index in [0.717, 1.165) is 4.57 Å². The van der Waals surface area contributed by atoms with Crippen LogP contribution in [0.4, 0.5) is 5.82 Å². The van der Waals surface area contributed by atoms with Gasteiger partial charge >= 0.3 is 19.5 Å². The summed E-state index contributed by atoms with van der Waals surface area (Å²) in [5, 5.41) is 71.7. The van der Waals surface area contributed by atoms with Crippen LogP contribution in [0.1, 0.15) is 32.4 Å². The van der Waals surface area contributed by atoms with E-state index in [1.807, 2.05) is 6.92 Å². The molecule has 2 aliphatic rings. The van der Waals surface area contributed by atoms with Crippen molar-refractivity contribution >= 4 is 47.0 Å². The van der Waals surface area contributed by atoms with E-state index in [1.165, 1.54) is 33.9 Å². The molecule has 0 saturated carbocycles. The van der Waals surface area contributed by atoms with Crippen LogP contribution in [0.5, 0.6) is 0 Å². The Hall–Kier alpha value is -1.69. The Kier molecular flexibility index (Phi) is 14.0. The molecule has 2 aliphatic heterocycles. The van der Waals surface area contributed by atoms with Crippen LogP contribution in [0, 0.1) is 5.92 Å². The van der Waals surface area contributed by atoms with Gasteiger partial charge in [-0.15, -0.1) is 0 Å². The summed E-state index contributed by atoms with van der Waals surface area (Å²) in [7, 11) is -2.78. The van der Waals surface area contributed by atoms with E-state index in [0.29, 0.717) is 5.75 Å². The number of ketones is 1. The number of aromatic nitrogens is 2. The summed E-state index contributed by atoms with van der Waals surface area (Å²) >= 11 is 0. The van der Waals surface area contributed by atoms with Crippen molar-refractivity contribution in [2.24, 2.45) is 5.92 Å². The third kappa shape index (κ3) is 9.47. The zero-order valence-electron chi connectivity index (χ0n) is 24.4. The predicted molar refractivity (Wildman–Crippen MR) is 159 cm³/mol. The zero-order valence-corrected chi connectivity index (χ0v) is 26.9. The molecular weight excluding hydrogens is 681 g/mol. The number of nitrogens with zero attached hydrogens (tertiary/aromatic N) is 2. The number of phosphoric ester groups is 1. The number of aliphatic hydroxyl groups excluding tert-OH is 6. The molecule has 0 aliphatic carbocycles. The smallest absolute Gasteiger partial charge is 0.475 e. The molecule has 10 N–H and O–H groups in total. The van der Waals surface area contributed by atoms with Crippen LogP contribution < -0.4 is 11.4 Å². The molecule has 9 unspecified atom stereocenters. The minimum absolute atomic E-state index is 0.00185. The Balaban J connectivity index is 1.72. The van der Waals surface area contributed by atoms with Crippen molar-refractivity contribution in [1.82, 2.24) is 9.55 Å². The molecule has 2 fully saturated rings. The van der Waals surface area contributed by atoms with Gasteiger partial charge < -0.3 is 55.8 Å². The number of carboxylic acids is 1. The number of carbonyl (C=O) groups excluding carboxylic acids is 1. The lowest BCUT2D eigenvalue weighted by Gasteiger charge is -2.46. The van der Waals surface area contributed by atoms with E-state index in [1.54, 1.807) is 0 Å². The molecule has 1 aromatic rings. The molecule has 3 rings (SSSR count). The number of Topliss-reactive ketones (excluding diaryl/α,β-unsaturated/α-hetero) is 1. The number of ether oxygens (including phenoxy) is 2. The molecule has 262 valence electrons. The van der Waals surface area contributed by atoms with Gasteiger partial charge in [0.15, 0.2) is 6.23 Å². The summed E-state index contributed by atoms with van der Waals surface area (Å²) in [5.74, 6) is -6.27. The highest BCUT2D eigenvalue weighted by atomic mass is 33.1. The third-order valence-electron chi connectivity index (χ3n) is 7.23. The van der Waals surface area contributed by atoms with Gasteiger partial charge in [-0.3, -0.25) is 13.9 Å². The van der Waals surface area contributed by atoms with Gasteiger partial charge in [-0.25, -0.2) is 18.7 Å². The maximum atomic E-state index is 12.9. The molecule has 2 saturated heterocycles. The molecule has 0 spiro atoms. The first-order valence-corrected chi connectivity index (χ1v) is 17.9. The second kappa shape index (κ2) is 16.6. The zero-order chi connectivity index (χ0) is 34.4. The summed E-state index contributed by atoms with van der Waals surface area (Å²) in [6.45, 7) is 0.119. The minimum atomic E-state index is -5.40. The number of aliphatic hydroxyl groups is 6. The first-order chi connectivity index (χ1) is 21.6. The maximum Gasteiger partial charge on any atom is 0.475 e. The van der Waals surface area contributed by atoms with Crippen molar-refractivity contribution in [1.29, 1.82) is 0 Å². The van der Waals surface area contributed by atoms with Crippen LogP contribution in [0.25, 0.3) is 0 Å². The number of carbonyl (C=O) groups is 2. The Morgan fingerprint density at radius 1 is 1.26 bits per heavy atom. The van der Waals surface area contributed by atoms with E-state index in [2.05, 4.69) is 4.98 Å². The molecule has 0 amide bonds. The van der Waals surface area contributed by atoms with Crippen molar-refractivity contribution < 1.29 is 73.3 Å². The summed E-state index contributed by atoms with van der Waals surface area (Å²) in [6.07, 6.45) is -14.2. The van der Waals surface area contributed by atoms with Gasteiger partial charge in [-0.1, -0.05) is 28.5 Å². The highest BCUT2D eigenvalue weighted by molar-refractivity contribution is 8.76. The van der Waals surface area contributed by atoms with Gasteiger partial charge in [0.1, 0.15) is 36.0 Å². The first-order valence-electron chi connectivity index (χ1n) is 13.9. The fourth-order valence-electron chi connectivity index (χ4n) is 4.97. The van der Waals surface area contributed by atoms with E-state index in [-0.39, 0.29) is 18.0 Å². The number of hydrogen-bond donors (Lipinski definition) is 9. The predicted octanol–water partition coefficient (Wildman–Crippen LogP) is -2.41. The van der Waals surface area contributed by atoms with E-state index >= 15 is 0 Å². The quantitative estimate of drug-likeness (QED) is 0.0460. The number of nitrogen functional groups attached to an aromatic ring is 1. The van der Waals surface area contributed by atoms with Crippen LogP contribution >= 0.6 is 29.4 Å². The highest BCUT2D eigenvalue weighted by Crippen LogP contribution is 2.52. The second-order valence-corrected chi connectivity index (χ2v) is 14.6. The average molecular weight is 720 g/mol. The number of carboxylic acid groups (broad SMARTS) is 1. The molecule has 1 aromatic heterocycles. The van der Waals surface area contributed by atoms with Crippen LogP contribution in [-0.2, 0) is 32.7 Å². The van der Waals surface area contributed by atoms with Gasteiger partial charge in [0.05, 0.1) is 37.3 Å². The molecule has 22 heteroatoms. The van der Waals surface area contributed by atoms with Crippen LogP contribution in [0.2, 0.25) is 0 Å². The molecule has 0 radical (unpaired) electrons. The van der Waals surface area contributed by atoms with E-state index < -0.39 is 112 Å². The Bertz CT molecular complexity index is 1310. The largest absolute Gasteiger partial charge is 0.477 e. The van der Waals surface area contributed by atoms with Crippen molar-refractivity contribution in [2.75, 3.05) is 30.5 Å². The van der Waals surface area contributed by atoms with Crippen LogP contribution in [0.15, 0.2) is 17.1 Å². The van der Waals surface area contributed by atoms with Gasteiger partial charge in [0.2, 0.25) is 0 Å². The van der Waals surface area contributed by atoms with Crippen LogP contribution in [-0.4, -0.2) is 135 Å². The minimum Gasteiger partial charge on any atom is -0.477 e. The van der Waals surface area contributed by atoms with E-state index in [4.69, 9.17) is 24.3 Å². The highest BCUT2D eigenvalue weighted by Gasteiger charge is 2.58. The normalized spacial score (nSPS) is 32.5. The fourth-order valence-corrected chi connectivity index (χ4v) is 7.57. The Morgan fingerprint density at radius 2 is 1.96 bits per heavy atom. The van der Waals surface area contributed by atoms with Gasteiger partial charge in [0.25, 0.3) is 5.79 Å². The molecule has 11 atom stereocenters. The van der Waals surface area contributed by atoms with Gasteiger partial charge in [-0.2, -0.15) is 4.98 Å². The number of hydrogen-bond acceptors (Lipinski definition) is 18. The third-order valence-corrected chi connectivity index (χ3v) is 10.7. The van der Waals surface area contributed by atoms with Crippen LogP contribution in [0.3, 0.4) is 0 Å². The lowest BCUT2D eigenvalue weighted by Crippen LogP contribution is -2.61. The van der Waals surface area contributed by atoms with Crippen molar-refractivity contribution in [3.8, 4) is 0 Å². The lowest BCUT2D eigenvalue weighted by molar-refractivity contribution is -0.297. The average Bonchev–Trinajstić information content (AvgIpc) is 3.25. The number of anilines is 1. The van der Waals surface area contributed by atoms with Gasteiger partial charge in [0, 0.05) is 37.1 Å². The SMILES string of the molecule is CCSSCC(=O)CC1C(O)CC(OP(=O)(O)OCCC2OC(n3ccc(N)nc3=O)C(O)C2O)(C(=O)O)OC1[C@H](O)[C@H](O)CO. The molecule has 3 heterocycles. The molecule has 0 bridgehead atoms. The lowest BCUT2D eigenvalue weighted by atomic mass is 9.80. The Morgan fingerprint density at radius 3 is 2.57 bits per heavy atom. The standard InChI is InChI=1S/C24H38N3O16PS2/c1-2-45-46-10-11(29)7-12-13(30)8-24(22(35)36,42-20(12)17(32)14(31)9-28)43-44(38,39)40-6-4-15-18(33)19(34)21(41-15)27-5-3-16(25)26-23(27)37/h3,5,12-15,17-21,28,30-34H,2,4,6-10H2,1H3,(H,35,36)(H,38,39)(H2,25,26,37)/t12?,13?,14-,15?,17-,18?,19?,20?,21?,24?/m1/s1. The molecule has 19 nitrogen and oxygen atoms in total. The summed E-state index contributed by atoms with van der Waals surface area (Å²) < 4.78 is 34.5. The molecule has 46 heavy (non-hydrogen) atoms. The van der Waals surface area contributed by atoms with Crippen molar-refractivity contribution in [3.63, 3.8) is 0 Å². The first kappa shape index (κ1) is 38.8. The summed E-state index contributed by atoms with van der Waals surface area (Å²) in [5.41, 5.74) is 4.57. The number of rotatable bonds is 17. The number of phosphoric acid groups is 1. The molecular formula is C24H38N3O16PS2. The second-order valence-electron chi connectivity index (χ2n) is 10.5. The van der Waals surface area contributed by atoms with Crippen molar-refractivity contribution in [3.05, 3.63) is 22.7 Å². The maximum absolute atomic E-state index is 12.9. The van der Waals surface area contributed by atoms with Gasteiger partial charge in [-0.05, 0) is 6.07 Å². The fraction of sp³-hybridized carbons (Fsp3) is 0.750. The summed E-state index contributed by atoms with van der Waals surface area (Å²) in [6, 6.07) is 1.25. The Labute approximate surface area is 269 Å². The van der Waals surface area contributed by atoms with Crippen molar-refractivity contribution in [2.45, 2.75) is 80.9 Å².